The molecule has 0 N–H and O–H groups in total. The Kier molecular flexibility index (Phi) is 3.32. The van der Waals surface area contributed by atoms with E-state index in [2.05, 4.69) is 52.4 Å². The number of hydrogen-bond donors (Lipinski definition) is 0. The van der Waals surface area contributed by atoms with Gasteiger partial charge in [-0.05, 0) is 12.8 Å². The molecule has 1 rings (SSSR count). The van der Waals surface area contributed by atoms with Crippen LogP contribution in [0.3, 0.4) is 0 Å². The van der Waals surface area contributed by atoms with Crippen molar-refractivity contribution in [2.45, 2.75) is 32.1 Å². The lowest BCUT2D eigenvalue weighted by Gasteiger charge is -2.16. The quantitative estimate of drug-likeness (QED) is 0.731. The number of hydrogen-bond acceptors (Lipinski definition) is 1. The molecule has 0 radical (unpaired) electrons. The fraction of sp³-hybridized carbons (Fsp3) is 0.667. The van der Waals surface area contributed by atoms with Crippen molar-refractivity contribution in [2.75, 3.05) is 0 Å². The minimum Gasteiger partial charge on any atom is -0.334 e. The average Bonchev–Trinajstić information content (AvgIpc) is 2.50. The largest absolute Gasteiger partial charge is 0.334 e. The van der Waals surface area contributed by atoms with E-state index in [0.717, 1.165) is 11.0 Å². The van der Waals surface area contributed by atoms with Crippen LogP contribution in [-0.2, 0) is 5.33 Å². The molecule has 1 aromatic rings. The molecule has 0 spiro atoms. The summed E-state index contributed by atoms with van der Waals surface area (Å²) in [5.74, 6) is 0.655. The van der Waals surface area contributed by atoms with Gasteiger partial charge < -0.3 is 4.57 Å². The Labute approximate surface area is 82.1 Å². The second-order valence-corrected chi connectivity index (χ2v) is 3.99. The highest BCUT2D eigenvalue weighted by molar-refractivity contribution is 9.08. The highest BCUT2D eigenvalue weighted by Gasteiger charge is 2.08. The molecule has 0 aliphatic carbocycles. The number of imidazole rings is 1. The second kappa shape index (κ2) is 4.08. The van der Waals surface area contributed by atoms with E-state index < -0.39 is 0 Å². The van der Waals surface area contributed by atoms with Crippen LogP contribution in [0.2, 0.25) is 0 Å². The molecule has 0 aliphatic rings. The number of halogens is 1. The molecular formula is C9H15BrN2. The lowest BCUT2D eigenvalue weighted by Crippen LogP contribution is -2.09. The van der Waals surface area contributed by atoms with Gasteiger partial charge >= 0.3 is 0 Å². The van der Waals surface area contributed by atoms with E-state index in [4.69, 9.17) is 0 Å². The molecule has 0 bridgehead atoms. The van der Waals surface area contributed by atoms with Crippen LogP contribution in [0.25, 0.3) is 0 Å². The normalized spacial score (nSPS) is 13.8. The first kappa shape index (κ1) is 9.78. The molecule has 1 heterocycles. The highest BCUT2D eigenvalue weighted by Crippen LogP contribution is 2.17. The minimum absolute atomic E-state index is 0.533. The molecule has 0 aliphatic heterocycles. The molecule has 1 atom stereocenters. The van der Waals surface area contributed by atoms with Gasteiger partial charge in [0, 0.05) is 17.6 Å². The van der Waals surface area contributed by atoms with Gasteiger partial charge in [-0.15, -0.1) is 0 Å². The van der Waals surface area contributed by atoms with Gasteiger partial charge in [-0.3, -0.25) is 0 Å². The zero-order chi connectivity index (χ0) is 9.14. The Hall–Kier alpha value is -0.310. The van der Waals surface area contributed by atoms with Gasteiger partial charge in [0.1, 0.15) is 0 Å². The molecule has 12 heavy (non-hydrogen) atoms. The molecule has 0 aromatic carbocycles. The van der Waals surface area contributed by atoms with Crippen molar-refractivity contribution >= 4 is 15.9 Å². The fourth-order valence-corrected chi connectivity index (χ4v) is 1.31. The Morgan fingerprint density at radius 1 is 1.50 bits per heavy atom. The van der Waals surface area contributed by atoms with E-state index in [1.807, 2.05) is 6.33 Å². The van der Waals surface area contributed by atoms with Gasteiger partial charge in [0.2, 0.25) is 0 Å². The van der Waals surface area contributed by atoms with Crippen LogP contribution in [0, 0.1) is 5.92 Å². The molecule has 68 valence electrons. The van der Waals surface area contributed by atoms with E-state index in [0.29, 0.717) is 12.0 Å². The van der Waals surface area contributed by atoms with Crippen LogP contribution >= 0.6 is 15.9 Å². The molecule has 1 unspecified atom stereocenters. The topological polar surface area (TPSA) is 17.8 Å². The van der Waals surface area contributed by atoms with Crippen LogP contribution in [0.1, 0.15) is 32.5 Å². The van der Waals surface area contributed by atoms with Crippen LogP contribution in [-0.4, -0.2) is 9.55 Å². The Morgan fingerprint density at radius 2 is 2.17 bits per heavy atom. The third kappa shape index (κ3) is 2.09. The molecule has 3 heteroatoms. The molecule has 0 fully saturated rings. The fourth-order valence-electron chi connectivity index (χ4n) is 1.02. The van der Waals surface area contributed by atoms with Gasteiger partial charge in [-0.2, -0.15) is 0 Å². The van der Waals surface area contributed by atoms with Gasteiger partial charge in [0.15, 0.2) is 0 Å². The minimum atomic E-state index is 0.533. The van der Waals surface area contributed by atoms with Crippen LogP contribution in [0.5, 0.6) is 0 Å². The first-order valence-electron chi connectivity index (χ1n) is 4.23. The molecule has 1 aromatic heterocycles. The smallest absolute Gasteiger partial charge is 0.0952 e. The first-order valence-corrected chi connectivity index (χ1v) is 5.35. The Bertz CT molecular complexity index is 242. The van der Waals surface area contributed by atoms with E-state index in [1.165, 1.54) is 0 Å². The summed E-state index contributed by atoms with van der Waals surface area (Å²) in [7, 11) is 0. The molecular weight excluding hydrogens is 216 g/mol. The summed E-state index contributed by atoms with van der Waals surface area (Å²) in [5.41, 5.74) is 1.10. The van der Waals surface area contributed by atoms with Gasteiger partial charge in [-0.25, -0.2) is 4.98 Å². The lowest BCUT2D eigenvalue weighted by atomic mass is 10.1. The maximum atomic E-state index is 4.25. The number of rotatable bonds is 3. The zero-order valence-corrected chi connectivity index (χ0v) is 9.37. The standard InChI is InChI=1S/C9H15BrN2/c1-7(2)8(3)12-5-9(4-10)11-6-12/h5-8H,4H2,1-3H3. The van der Waals surface area contributed by atoms with Gasteiger partial charge in [0.05, 0.1) is 12.0 Å². The monoisotopic (exact) mass is 230 g/mol. The second-order valence-electron chi connectivity index (χ2n) is 3.43. The van der Waals surface area contributed by atoms with Gasteiger partial charge in [-0.1, -0.05) is 29.8 Å². The van der Waals surface area contributed by atoms with Crippen molar-refractivity contribution in [1.82, 2.24) is 9.55 Å². The maximum Gasteiger partial charge on any atom is 0.0952 e. The van der Waals surface area contributed by atoms with Crippen molar-refractivity contribution in [2.24, 2.45) is 5.92 Å². The number of nitrogens with zero attached hydrogens (tertiary/aromatic N) is 2. The third-order valence-electron chi connectivity index (χ3n) is 2.23. The van der Waals surface area contributed by atoms with Crippen molar-refractivity contribution < 1.29 is 0 Å². The molecule has 2 nitrogen and oxygen atoms in total. The first-order chi connectivity index (χ1) is 5.65. The maximum absolute atomic E-state index is 4.25. The van der Waals surface area contributed by atoms with Crippen LogP contribution < -0.4 is 0 Å². The SMILES string of the molecule is CC(C)C(C)n1cnc(CBr)c1. The highest BCUT2D eigenvalue weighted by atomic mass is 79.9. The summed E-state index contributed by atoms with van der Waals surface area (Å²) in [5, 5.41) is 0.838. The van der Waals surface area contributed by atoms with E-state index in [9.17, 15) is 0 Å². The molecule has 0 saturated heterocycles. The summed E-state index contributed by atoms with van der Waals surface area (Å²) >= 11 is 3.38. The van der Waals surface area contributed by atoms with Crippen molar-refractivity contribution in [1.29, 1.82) is 0 Å². The molecule has 0 amide bonds. The predicted octanol–water partition coefficient (Wildman–Crippen LogP) is 3.00. The lowest BCUT2D eigenvalue weighted by molar-refractivity contribution is 0.407. The predicted molar refractivity (Wildman–Crippen MR) is 54.4 cm³/mol. The summed E-state index contributed by atoms with van der Waals surface area (Å²) in [6, 6.07) is 0.533. The van der Waals surface area contributed by atoms with E-state index in [-0.39, 0.29) is 0 Å². The molecule has 0 saturated carbocycles. The van der Waals surface area contributed by atoms with Crippen LogP contribution in [0.15, 0.2) is 12.5 Å². The third-order valence-corrected chi connectivity index (χ3v) is 2.80. The Balaban J connectivity index is 2.74. The summed E-state index contributed by atoms with van der Waals surface area (Å²) in [6.45, 7) is 6.65. The van der Waals surface area contributed by atoms with Crippen LogP contribution in [0.4, 0.5) is 0 Å². The van der Waals surface area contributed by atoms with Gasteiger partial charge in [0.25, 0.3) is 0 Å². The van der Waals surface area contributed by atoms with Crippen molar-refractivity contribution in [3.05, 3.63) is 18.2 Å². The summed E-state index contributed by atoms with van der Waals surface area (Å²) < 4.78 is 2.17. The van der Waals surface area contributed by atoms with E-state index >= 15 is 0 Å². The number of alkyl halides is 1. The Morgan fingerprint density at radius 3 is 2.58 bits per heavy atom. The number of aromatic nitrogens is 2. The van der Waals surface area contributed by atoms with E-state index in [1.54, 1.807) is 0 Å². The van der Waals surface area contributed by atoms with Crippen molar-refractivity contribution in [3.63, 3.8) is 0 Å². The summed E-state index contributed by atoms with van der Waals surface area (Å²) in [4.78, 5) is 4.25. The van der Waals surface area contributed by atoms with Crippen molar-refractivity contribution in [3.8, 4) is 0 Å². The average molecular weight is 231 g/mol. The zero-order valence-electron chi connectivity index (χ0n) is 7.79. The summed E-state index contributed by atoms with van der Waals surface area (Å²) in [6.07, 6.45) is 4.00.